The second kappa shape index (κ2) is 5.39. The van der Waals surface area contributed by atoms with E-state index in [-0.39, 0.29) is 5.97 Å². The molecule has 0 aliphatic carbocycles. The third kappa shape index (κ3) is 3.15. The zero-order valence-corrected chi connectivity index (χ0v) is 10.1. The fourth-order valence-corrected chi connectivity index (χ4v) is 1.25. The molecule has 0 unspecified atom stereocenters. The van der Waals surface area contributed by atoms with Gasteiger partial charge in [0.1, 0.15) is 5.75 Å². The van der Waals surface area contributed by atoms with Crippen molar-refractivity contribution < 1.29 is 14.3 Å². The average molecular weight is 223 g/mol. The van der Waals surface area contributed by atoms with Crippen molar-refractivity contribution in [2.75, 3.05) is 26.1 Å². The van der Waals surface area contributed by atoms with Crippen LogP contribution >= 0.6 is 0 Å². The van der Waals surface area contributed by atoms with Gasteiger partial charge in [-0.05, 0) is 19.1 Å². The maximum Gasteiger partial charge on any atom is 0.346 e. The van der Waals surface area contributed by atoms with E-state index in [1.165, 1.54) is 7.11 Å². The molecule has 0 bridgehead atoms. The van der Waals surface area contributed by atoms with Crippen molar-refractivity contribution in [3.63, 3.8) is 0 Å². The minimum Gasteiger partial charge on any atom is -0.479 e. The first-order valence-electron chi connectivity index (χ1n) is 5.06. The monoisotopic (exact) mass is 223 g/mol. The van der Waals surface area contributed by atoms with Crippen molar-refractivity contribution >= 4 is 11.7 Å². The largest absolute Gasteiger partial charge is 0.479 e. The van der Waals surface area contributed by atoms with Gasteiger partial charge in [0.05, 0.1) is 7.11 Å². The fourth-order valence-electron chi connectivity index (χ4n) is 1.25. The molecule has 1 aromatic carbocycles. The van der Waals surface area contributed by atoms with E-state index in [2.05, 4.69) is 4.74 Å². The van der Waals surface area contributed by atoms with Gasteiger partial charge in [0.25, 0.3) is 0 Å². The molecule has 4 nitrogen and oxygen atoms in total. The highest BCUT2D eigenvalue weighted by molar-refractivity contribution is 5.74. The molecule has 0 aromatic heterocycles. The normalized spacial score (nSPS) is 11.8. The van der Waals surface area contributed by atoms with Crippen LogP contribution in [0, 0.1) is 0 Å². The number of hydrogen-bond donors (Lipinski definition) is 0. The first-order valence-corrected chi connectivity index (χ1v) is 5.06. The zero-order chi connectivity index (χ0) is 12.1. The lowest BCUT2D eigenvalue weighted by molar-refractivity contribution is -0.147. The summed E-state index contributed by atoms with van der Waals surface area (Å²) in [6.45, 7) is 1.66. The lowest BCUT2D eigenvalue weighted by Gasteiger charge is -2.16. The van der Waals surface area contributed by atoms with E-state index in [0.717, 1.165) is 5.69 Å². The average Bonchev–Trinajstić information content (AvgIpc) is 2.28. The van der Waals surface area contributed by atoms with Crippen LogP contribution in [0.2, 0.25) is 0 Å². The van der Waals surface area contributed by atoms with Crippen molar-refractivity contribution in [1.82, 2.24) is 0 Å². The van der Waals surface area contributed by atoms with E-state index in [1.807, 2.05) is 43.3 Å². The van der Waals surface area contributed by atoms with Gasteiger partial charge in [-0.2, -0.15) is 0 Å². The first kappa shape index (κ1) is 12.4. The molecule has 0 amide bonds. The molecule has 0 saturated carbocycles. The Bertz CT molecular complexity index is 363. The zero-order valence-electron chi connectivity index (χ0n) is 10.1. The summed E-state index contributed by atoms with van der Waals surface area (Å²) >= 11 is 0. The van der Waals surface area contributed by atoms with Gasteiger partial charge in [-0.1, -0.05) is 6.07 Å². The van der Waals surface area contributed by atoms with Gasteiger partial charge in [-0.15, -0.1) is 0 Å². The Morgan fingerprint density at radius 1 is 1.38 bits per heavy atom. The molecule has 0 N–H and O–H groups in total. The number of nitrogens with zero attached hydrogens (tertiary/aromatic N) is 1. The number of carbonyl (C=O) groups excluding carboxylic acids is 1. The molecular weight excluding hydrogens is 206 g/mol. The number of rotatable bonds is 4. The Balaban J connectivity index is 2.74. The van der Waals surface area contributed by atoms with Crippen LogP contribution in [0.25, 0.3) is 0 Å². The summed E-state index contributed by atoms with van der Waals surface area (Å²) in [5.74, 6) is 0.277. The third-order valence-corrected chi connectivity index (χ3v) is 2.18. The molecule has 0 spiro atoms. The Morgan fingerprint density at radius 3 is 2.62 bits per heavy atom. The number of ether oxygens (including phenoxy) is 2. The summed E-state index contributed by atoms with van der Waals surface area (Å²) in [5, 5.41) is 0. The van der Waals surface area contributed by atoms with Crippen LogP contribution in [-0.2, 0) is 9.53 Å². The summed E-state index contributed by atoms with van der Waals surface area (Å²) in [5.41, 5.74) is 1.02. The second-order valence-electron chi connectivity index (χ2n) is 3.68. The molecule has 0 aliphatic rings. The number of esters is 1. The quantitative estimate of drug-likeness (QED) is 0.728. The van der Waals surface area contributed by atoms with Gasteiger partial charge in [0.2, 0.25) is 0 Å². The molecule has 0 fully saturated rings. The Kier molecular flexibility index (Phi) is 4.17. The molecule has 0 radical (unpaired) electrons. The molecule has 4 heteroatoms. The maximum atomic E-state index is 11.2. The standard InChI is InChI=1S/C12H17NO3/c1-9(12(14)15-4)16-11-7-5-6-10(8-11)13(2)3/h5-9H,1-4H3/t9-/m0/s1. The van der Waals surface area contributed by atoms with E-state index >= 15 is 0 Å². The van der Waals surface area contributed by atoms with Crippen LogP contribution in [0.5, 0.6) is 5.75 Å². The highest BCUT2D eigenvalue weighted by atomic mass is 16.6. The maximum absolute atomic E-state index is 11.2. The first-order chi connectivity index (χ1) is 7.54. The van der Waals surface area contributed by atoms with E-state index in [1.54, 1.807) is 6.92 Å². The van der Waals surface area contributed by atoms with Gasteiger partial charge in [-0.3, -0.25) is 0 Å². The molecule has 0 heterocycles. The molecular formula is C12H17NO3. The van der Waals surface area contributed by atoms with Gasteiger partial charge >= 0.3 is 5.97 Å². The van der Waals surface area contributed by atoms with Crippen molar-refractivity contribution in [3.8, 4) is 5.75 Å². The number of anilines is 1. The Labute approximate surface area is 95.8 Å². The number of methoxy groups -OCH3 is 1. The SMILES string of the molecule is COC(=O)[C@H](C)Oc1cccc(N(C)C)c1. The Morgan fingerprint density at radius 2 is 2.06 bits per heavy atom. The minimum absolute atomic E-state index is 0.379. The topological polar surface area (TPSA) is 38.8 Å². The van der Waals surface area contributed by atoms with Gasteiger partial charge < -0.3 is 14.4 Å². The molecule has 0 aliphatic heterocycles. The highest BCUT2D eigenvalue weighted by Crippen LogP contribution is 2.20. The summed E-state index contributed by atoms with van der Waals surface area (Å²) in [6.07, 6.45) is -0.595. The second-order valence-corrected chi connectivity index (χ2v) is 3.68. The van der Waals surface area contributed by atoms with Crippen LogP contribution in [0.4, 0.5) is 5.69 Å². The molecule has 1 rings (SSSR count). The van der Waals surface area contributed by atoms with Crippen molar-refractivity contribution in [1.29, 1.82) is 0 Å². The van der Waals surface area contributed by atoms with Crippen molar-refractivity contribution in [3.05, 3.63) is 24.3 Å². The molecule has 1 atom stereocenters. The van der Waals surface area contributed by atoms with Crippen LogP contribution in [0.3, 0.4) is 0 Å². The van der Waals surface area contributed by atoms with Crippen LogP contribution < -0.4 is 9.64 Å². The third-order valence-electron chi connectivity index (χ3n) is 2.18. The van der Waals surface area contributed by atoms with E-state index in [4.69, 9.17) is 4.74 Å². The van der Waals surface area contributed by atoms with E-state index in [9.17, 15) is 4.79 Å². The number of hydrogen-bond acceptors (Lipinski definition) is 4. The predicted octanol–water partition coefficient (Wildman–Crippen LogP) is 1.69. The molecule has 1 aromatic rings. The van der Waals surface area contributed by atoms with Gasteiger partial charge in [0.15, 0.2) is 6.10 Å². The lowest BCUT2D eigenvalue weighted by Crippen LogP contribution is -2.25. The minimum atomic E-state index is -0.595. The Hall–Kier alpha value is -1.71. The van der Waals surface area contributed by atoms with Crippen molar-refractivity contribution in [2.24, 2.45) is 0 Å². The lowest BCUT2D eigenvalue weighted by atomic mass is 10.3. The predicted molar refractivity (Wildman–Crippen MR) is 62.9 cm³/mol. The molecule has 88 valence electrons. The fraction of sp³-hybridized carbons (Fsp3) is 0.417. The van der Waals surface area contributed by atoms with E-state index in [0.29, 0.717) is 5.75 Å². The van der Waals surface area contributed by atoms with Crippen LogP contribution in [-0.4, -0.2) is 33.3 Å². The smallest absolute Gasteiger partial charge is 0.346 e. The summed E-state index contributed by atoms with van der Waals surface area (Å²) < 4.78 is 10.0. The van der Waals surface area contributed by atoms with Gasteiger partial charge in [-0.25, -0.2) is 4.79 Å². The molecule has 0 saturated heterocycles. The van der Waals surface area contributed by atoms with Gasteiger partial charge in [0, 0.05) is 25.8 Å². The van der Waals surface area contributed by atoms with Crippen molar-refractivity contribution in [2.45, 2.75) is 13.0 Å². The number of benzene rings is 1. The summed E-state index contributed by atoms with van der Waals surface area (Å²) in [6, 6.07) is 7.54. The number of carbonyl (C=O) groups is 1. The summed E-state index contributed by atoms with van der Waals surface area (Å²) in [4.78, 5) is 13.1. The summed E-state index contributed by atoms with van der Waals surface area (Å²) in [7, 11) is 5.24. The van der Waals surface area contributed by atoms with E-state index < -0.39 is 6.10 Å². The van der Waals surface area contributed by atoms with Crippen LogP contribution in [0.15, 0.2) is 24.3 Å². The highest BCUT2D eigenvalue weighted by Gasteiger charge is 2.14. The molecule has 16 heavy (non-hydrogen) atoms. The van der Waals surface area contributed by atoms with Crippen LogP contribution in [0.1, 0.15) is 6.92 Å².